The van der Waals surface area contributed by atoms with Crippen LogP contribution in [0.25, 0.3) is 0 Å². The summed E-state index contributed by atoms with van der Waals surface area (Å²) >= 11 is 6.01. The third kappa shape index (κ3) is 9.95. The Morgan fingerprint density at radius 1 is 1.13 bits per heavy atom. The van der Waals surface area contributed by atoms with E-state index >= 15 is 0 Å². The smallest absolute Gasteiger partial charge is 0.220 e. The molecule has 2 aromatic rings. The van der Waals surface area contributed by atoms with Crippen LogP contribution in [-0.4, -0.2) is 43.2 Å². The standard InChI is InChI=1S/C26H34ClN3O/c1-20-18-23(27)14-15-25(20)28-21(2)13-16-26(31)29-24(12-8-9-17-30(3)4)19-22-10-6-5-7-11-22/h5-11,14-15,18,24H,12-13,16-17,19H2,1-4H3,(H,29,31)/b9-8+,28-21?. The van der Waals surface area contributed by atoms with E-state index < -0.39 is 0 Å². The summed E-state index contributed by atoms with van der Waals surface area (Å²) < 4.78 is 0. The molecule has 0 aliphatic heterocycles. The number of amides is 1. The number of aliphatic imine (C=N–C) groups is 1. The number of halogens is 1. The summed E-state index contributed by atoms with van der Waals surface area (Å²) in [5, 5.41) is 3.92. The van der Waals surface area contributed by atoms with Gasteiger partial charge in [0, 0.05) is 29.7 Å². The lowest BCUT2D eigenvalue weighted by atomic mass is 10.0. The Kier molecular flexibility index (Phi) is 10.5. The van der Waals surface area contributed by atoms with Crippen LogP contribution in [-0.2, 0) is 11.2 Å². The minimum atomic E-state index is 0.0596. The van der Waals surface area contributed by atoms with Crippen molar-refractivity contribution in [2.75, 3.05) is 20.6 Å². The molecule has 1 unspecified atom stereocenters. The summed E-state index contributed by atoms with van der Waals surface area (Å²) in [5.41, 5.74) is 4.09. The van der Waals surface area contributed by atoms with Crippen LogP contribution in [0.2, 0.25) is 5.02 Å². The molecule has 166 valence electrons. The molecule has 5 heteroatoms. The van der Waals surface area contributed by atoms with Gasteiger partial charge in [-0.3, -0.25) is 9.79 Å². The number of hydrogen-bond donors (Lipinski definition) is 1. The first kappa shape index (κ1) is 24.8. The lowest BCUT2D eigenvalue weighted by molar-refractivity contribution is -0.121. The molecule has 0 aliphatic carbocycles. The van der Waals surface area contributed by atoms with Crippen molar-refractivity contribution in [3.05, 3.63) is 76.8 Å². The van der Waals surface area contributed by atoms with Crippen LogP contribution in [0.4, 0.5) is 5.69 Å². The van der Waals surface area contributed by atoms with E-state index in [1.807, 2.05) is 64.3 Å². The summed E-state index contributed by atoms with van der Waals surface area (Å²) in [7, 11) is 4.09. The normalized spacial score (nSPS) is 13.0. The quantitative estimate of drug-likeness (QED) is 0.357. The predicted molar refractivity (Wildman–Crippen MR) is 133 cm³/mol. The maximum absolute atomic E-state index is 12.6. The summed E-state index contributed by atoms with van der Waals surface area (Å²) in [6, 6.07) is 16.0. The molecule has 0 radical (unpaired) electrons. The number of hydrogen-bond acceptors (Lipinski definition) is 3. The number of carbonyl (C=O) groups excluding carboxylic acids is 1. The molecule has 1 atom stereocenters. The number of carbonyl (C=O) groups is 1. The number of aryl methyl sites for hydroxylation is 1. The molecule has 0 saturated carbocycles. The van der Waals surface area contributed by atoms with Gasteiger partial charge in [0.25, 0.3) is 0 Å². The van der Waals surface area contributed by atoms with Crippen LogP contribution < -0.4 is 5.32 Å². The third-order valence-electron chi connectivity index (χ3n) is 4.93. The summed E-state index contributed by atoms with van der Waals surface area (Å²) in [6.45, 7) is 4.85. The van der Waals surface area contributed by atoms with Gasteiger partial charge in [-0.15, -0.1) is 0 Å². The second-order valence-corrected chi connectivity index (χ2v) is 8.64. The zero-order valence-electron chi connectivity index (χ0n) is 19.1. The van der Waals surface area contributed by atoms with Gasteiger partial charge in [0.15, 0.2) is 0 Å². The highest BCUT2D eigenvalue weighted by molar-refractivity contribution is 6.30. The topological polar surface area (TPSA) is 44.7 Å². The first-order valence-electron chi connectivity index (χ1n) is 10.8. The van der Waals surface area contributed by atoms with E-state index in [0.29, 0.717) is 17.9 Å². The monoisotopic (exact) mass is 439 g/mol. The number of benzene rings is 2. The first-order valence-corrected chi connectivity index (χ1v) is 11.1. The molecule has 0 aliphatic rings. The Morgan fingerprint density at radius 2 is 1.87 bits per heavy atom. The van der Waals surface area contributed by atoms with Crippen LogP contribution in [0.15, 0.2) is 65.7 Å². The van der Waals surface area contributed by atoms with Gasteiger partial charge in [-0.05, 0) is 76.5 Å². The number of likely N-dealkylation sites (N-methyl/N-ethyl adjacent to an activating group) is 1. The van der Waals surface area contributed by atoms with Crippen molar-refractivity contribution in [3.63, 3.8) is 0 Å². The zero-order chi connectivity index (χ0) is 22.6. The molecule has 0 bridgehead atoms. The van der Waals surface area contributed by atoms with Crippen LogP contribution in [0.3, 0.4) is 0 Å². The molecule has 31 heavy (non-hydrogen) atoms. The summed E-state index contributed by atoms with van der Waals surface area (Å²) in [6.07, 6.45) is 6.98. The van der Waals surface area contributed by atoms with Crippen LogP contribution >= 0.6 is 11.6 Å². The lowest BCUT2D eigenvalue weighted by Gasteiger charge is -2.18. The molecule has 0 spiro atoms. The molecular weight excluding hydrogens is 406 g/mol. The molecule has 0 aromatic heterocycles. The SMILES string of the molecule is CC(CCC(=O)NC(C/C=C/CN(C)C)Cc1ccccc1)=Nc1ccc(Cl)cc1C. The number of nitrogens with zero attached hydrogens (tertiary/aromatic N) is 2. The van der Waals surface area contributed by atoms with Gasteiger partial charge in [0.05, 0.1) is 5.69 Å². The largest absolute Gasteiger partial charge is 0.353 e. The Labute approximate surface area is 192 Å². The van der Waals surface area contributed by atoms with Gasteiger partial charge in [-0.25, -0.2) is 0 Å². The van der Waals surface area contributed by atoms with E-state index in [1.54, 1.807) is 0 Å². The molecule has 0 saturated heterocycles. The molecular formula is C26H34ClN3O. The number of rotatable bonds is 11. The average Bonchev–Trinajstić information content (AvgIpc) is 2.72. The molecule has 0 heterocycles. The van der Waals surface area contributed by atoms with E-state index in [2.05, 4.69) is 39.5 Å². The van der Waals surface area contributed by atoms with Crippen LogP contribution in [0.1, 0.15) is 37.3 Å². The van der Waals surface area contributed by atoms with E-state index in [0.717, 1.165) is 36.3 Å². The Morgan fingerprint density at radius 3 is 2.55 bits per heavy atom. The van der Waals surface area contributed by atoms with Crippen molar-refractivity contribution < 1.29 is 4.79 Å². The van der Waals surface area contributed by atoms with Crippen molar-refractivity contribution in [1.29, 1.82) is 0 Å². The highest BCUT2D eigenvalue weighted by Crippen LogP contribution is 2.23. The van der Waals surface area contributed by atoms with Gasteiger partial charge in [0.2, 0.25) is 5.91 Å². The minimum Gasteiger partial charge on any atom is -0.353 e. The molecule has 0 fully saturated rings. The Bertz CT molecular complexity index is 891. The van der Waals surface area contributed by atoms with Crippen molar-refractivity contribution >= 4 is 28.9 Å². The van der Waals surface area contributed by atoms with Gasteiger partial charge >= 0.3 is 0 Å². The van der Waals surface area contributed by atoms with Crippen LogP contribution in [0, 0.1) is 6.92 Å². The zero-order valence-corrected chi connectivity index (χ0v) is 19.8. The predicted octanol–water partition coefficient (Wildman–Crippen LogP) is 5.76. The Balaban J connectivity index is 1.93. The van der Waals surface area contributed by atoms with Crippen molar-refractivity contribution in [2.24, 2.45) is 4.99 Å². The summed E-state index contributed by atoms with van der Waals surface area (Å²) in [5.74, 6) is 0.0596. The van der Waals surface area contributed by atoms with E-state index in [4.69, 9.17) is 11.6 Å². The fourth-order valence-electron chi connectivity index (χ4n) is 3.24. The molecule has 2 aromatic carbocycles. The lowest BCUT2D eigenvalue weighted by Crippen LogP contribution is -2.36. The van der Waals surface area contributed by atoms with Crippen molar-refractivity contribution in [3.8, 4) is 0 Å². The van der Waals surface area contributed by atoms with Gasteiger partial charge < -0.3 is 10.2 Å². The van der Waals surface area contributed by atoms with Crippen molar-refractivity contribution in [2.45, 2.75) is 45.6 Å². The molecule has 1 amide bonds. The summed E-state index contributed by atoms with van der Waals surface area (Å²) in [4.78, 5) is 19.4. The third-order valence-corrected chi connectivity index (χ3v) is 5.17. The highest BCUT2D eigenvalue weighted by Gasteiger charge is 2.12. The fraction of sp³-hybridized carbons (Fsp3) is 0.385. The van der Waals surface area contributed by atoms with Gasteiger partial charge in [0.1, 0.15) is 0 Å². The van der Waals surface area contributed by atoms with E-state index in [-0.39, 0.29) is 11.9 Å². The maximum atomic E-state index is 12.6. The highest BCUT2D eigenvalue weighted by atomic mass is 35.5. The molecule has 2 rings (SSSR count). The van der Waals surface area contributed by atoms with Crippen molar-refractivity contribution in [1.82, 2.24) is 10.2 Å². The average molecular weight is 440 g/mol. The number of nitrogens with one attached hydrogen (secondary N) is 1. The maximum Gasteiger partial charge on any atom is 0.220 e. The molecule has 1 N–H and O–H groups in total. The van der Waals surface area contributed by atoms with Gasteiger partial charge in [-0.1, -0.05) is 54.1 Å². The Hall–Kier alpha value is -2.43. The minimum absolute atomic E-state index is 0.0596. The second kappa shape index (κ2) is 13.1. The first-order chi connectivity index (χ1) is 14.8. The van der Waals surface area contributed by atoms with Crippen LogP contribution in [0.5, 0.6) is 0 Å². The van der Waals surface area contributed by atoms with E-state index in [1.165, 1.54) is 5.56 Å². The van der Waals surface area contributed by atoms with Gasteiger partial charge in [-0.2, -0.15) is 0 Å². The molecule has 4 nitrogen and oxygen atoms in total. The second-order valence-electron chi connectivity index (χ2n) is 8.20. The fourth-order valence-corrected chi connectivity index (χ4v) is 3.46. The van der Waals surface area contributed by atoms with E-state index in [9.17, 15) is 4.79 Å².